The Morgan fingerprint density at radius 1 is 1.32 bits per heavy atom. The lowest BCUT2D eigenvalue weighted by Gasteiger charge is -2.14. The smallest absolute Gasteiger partial charge is 0.252 e. The number of carbonyl (C=O) groups is 1. The minimum absolute atomic E-state index is 0.0373. The topological polar surface area (TPSA) is 54.3 Å². The van der Waals surface area contributed by atoms with E-state index in [1.807, 2.05) is 24.3 Å². The van der Waals surface area contributed by atoms with Gasteiger partial charge in [-0.25, -0.2) is 0 Å². The van der Waals surface area contributed by atoms with Gasteiger partial charge in [-0.2, -0.15) is 0 Å². The number of carbonyl (C=O) groups excluding carboxylic acids is 1. The Morgan fingerprint density at radius 2 is 2.00 bits per heavy atom. The minimum atomic E-state index is -0.0986. The first-order valence-electron chi connectivity index (χ1n) is 6.03. The van der Waals surface area contributed by atoms with Gasteiger partial charge in [0.05, 0.1) is 12.1 Å². The van der Waals surface area contributed by atoms with Crippen molar-refractivity contribution in [3.8, 4) is 0 Å². The Balaban J connectivity index is 2.41. The first-order valence-corrected chi connectivity index (χ1v) is 6.03. The van der Waals surface area contributed by atoms with E-state index in [1.165, 1.54) is 11.0 Å². The third-order valence-corrected chi connectivity index (χ3v) is 3.08. The number of pyridine rings is 1. The summed E-state index contributed by atoms with van der Waals surface area (Å²) >= 11 is 0. The molecule has 1 aromatic heterocycles. The van der Waals surface area contributed by atoms with Gasteiger partial charge in [0.2, 0.25) is 5.91 Å². The number of benzene rings is 1. The van der Waals surface area contributed by atoms with E-state index in [0.717, 1.165) is 10.9 Å². The lowest BCUT2D eigenvalue weighted by molar-refractivity contribution is -0.126. The third kappa shape index (κ3) is 2.59. The van der Waals surface area contributed by atoms with Crippen molar-refractivity contribution in [2.45, 2.75) is 0 Å². The minimum Gasteiger partial charge on any atom is -0.375 e. The van der Waals surface area contributed by atoms with Gasteiger partial charge in [0.25, 0.3) is 5.56 Å². The van der Waals surface area contributed by atoms with E-state index in [2.05, 4.69) is 5.32 Å². The molecule has 2 aromatic rings. The van der Waals surface area contributed by atoms with Gasteiger partial charge in [-0.3, -0.25) is 9.59 Å². The zero-order valence-electron chi connectivity index (χ0n) is 11.3. The molecule has 1 aromatic carbocycles. The molecule has 1 amide bonds. The van der Waals surface area contributed by atoms with E-state index in [4.69, 9.17) is 0 Å². The quantitative estimate of drug-likeness (QED) is 0.896. The van der Waals surface area contributed by atoms with Crippen molar-refractivity contribution in [3.05, 3.63) is 40.7 Å². The largest absolute Gasteiger partial charge is 0.375 e. The van der Waals surface area contributed by atoms with Crippen LogP contribution >= 0.6 is 0 Å². The van der Waals surface area contributed by atoms with Crippen LogP contribution in [0.2, 0.25) is 0 Å². The summed E-state index contributed by atoms with van der Waals surface area (Å²) in [6.07, 6.45) is 0. The van der Waals surface area contributed by atoms with Crippen LogP contribution in [-0.4, -0.2) is 36.0 Å². The molecule has 0 unspecified atom stereocenters. The van der Waals surface area contributed by atoms with E-state index in [-0.39, 0.29) is 18.0 Å². The highest BCUT2D eigenvalue weighted by Crippen LogP contribution is 2.20. The molecule has 0 aliphatic heterocycles. The van der Waals surface area contributed by atoms with Crippen molar-refractivity contribution in [2.75, 3.05) is 26.0 Å². The second-order valence-corrected chi connectivity index (χ2v) is 4.61. The number of likely N-dealkylation sites (N-methyl/N-ethyl adjacent to an activating group) is 1. The summed E-state index contributed by atoms with van der Waals surface area (Å²) in [6, 6.07) is 9.13. The van der Waals surface area contributed by atoms with Crippen LogP contribution in [0.3, 0.4) is 0 Å². The average molecular weight is 259 g/mol. The molecule has 1 heterocycles. The number of hydrogen-bond donors (Lipinski definition) is 1. The molecule has 0 atom stereocenters. The molecular weight excluding hydrogens is 242 g/mol. The van der Waals surface area contributed by atoms with E-state index >= 15 is 0 Å². The van der Waals surface area contributed by atoms with Crippen LogP contribution in [0.1, 0.15) is 0 Å². The number of nitrogens with one attached hydrogen (secondary N) is 1. The van der Waals surface area contributed by atoms with E-state index < -0.39 is 0 Å². The van der Waals surface area contributed by atoms with Crippen LogP contribution in [0.5, 0.6) is 0 Å². The molecule has 0 saturated carbocycles. The Kier molecular flexibility index (Phi) is 3.55. The number of para-hydroxylation sites is 1. The molecule has 0 fully saturated rings. The van der Waals surface area contributed by atoms with Gasteiger partial charge >= 0.3 is 0 Å². The summed E-state index contributed by atoms with van der Waals surface area (Å²) in [5.74, 6) is -0.0373. The molecule has 0 saturated heterocycles. The van der Waals surface area contributed by atoms with Crippen LogP contribution in [0, 0.1) is 0 Å². The molecule has 5 heteroatoms. The summed E-state index contributed by atoms with van der Waals surface area (Å²) < 4.78 is 1.59. The molecule has 0 bridgehead atoms. The Hall–Kier alpha value is -2.30. The normalized spacial score (nSPS) is 10.5. The lowest BCUT2D eigenvalue weighted by Crippen LogP contribution is -2.29. The zero-order chi connectivity index (χ0) is 14.0. The highest BCUT2D eigenvalue weighted by molar-refractivity contribution is 5.93. The molecule has 0 aliphatic rings. The van der Waals surface area contributed by atoms with Crippen molar-refractivity contribution in [1.82, 2.24) is 9.47 Å². The van der Waals surface area contributed by atoms with E-state index in [0.29, 0.717) is 5.69 Å². The van der Waals surface area contributed by atoms with Gasteiger partial charge in [-0.05, 0) is 6.07 Å². The van der Waals surface area contributed by atoms with Crippen molar-refractivity contribution in [2.24, 2.45) is 7.05 Å². The van der Waals surface area contributed by atoms with Gasteiger partial charge in [-0.15, -0.1) is 0 Å². The summed E-state index contributed by atoms with van der Waals surface area (Å²) in [5, 5.41) is 3.96. The van der Waals surface area contributed by atoms with Gasteiger partial charge in [0.15, 0.2) is 0 Å². The molecular formula is C14H17N3O2. The molecule has 100 valence electrons. The fourth-order valence-corrected chi connectivity index (χ4v) is 1.89. The van der Waals surface area contributed by atoms with Crippen LogP contribution < -0.4 is 10.9 Å². The highest BCUT2D eigenvalue weighted by Gasteiger charge is 2.08. The molecule has 5 nitrogen and oxygen atoms in total. The number of hydrogen-bond acceptors (Lipinski definition) is 3. The Labute approximate surface area is 111 Å². The molecule has 19 heavy (non-hydrogen) atoms. The number of amides is 1. The maximum Gasteiger partial charge on any atom is 0.252 e. The fraction of sp³-hybridized carbons (Fsp3) is 0.286. The molecule has 1 N–H and O–H groups in total. The van der Waals surface area contributed by atoms with Crippen LogP contribution in [0.4, 0.5) is 5.69 Å². The van der Waals surface area contributed by atoms with Gasteiger partial charge < -0.3 is 14.8 Å². The number of aromatic nitrogens is 1. The Morgan fingerprint density at radius 3 is 2.68 bits per heavy atom. The maximum absolute atomic E-state index is 11.9. The average Bonchev–Trinajstić information content (AvgIpc) is 2.40. The molecule has 2 rings (SSSR count). The van der Waals surface area contributed by atoms with Gasteiger partial charge in [0.1, 0.15) is 0 Å². The Bertz CT molecular complexity index is 674. The highest BCUT2D eigenvalue weighted by atomic mass is 16.2. The first kappa shape index (κ1) is 13.1. The zero-order valence-corrected chi connectivity index (χ0v) is 11.3. The van der Waals surface area contributed by atoms with E-state index in [9.17, 15) is 9.59 Å². The predicted octanol–water partition coefficient (Wildman–Crippen LogP) is 1.04. The lowest BCUT2D eigenvalue weighted by atomic mass is 10.2. The standard InChI is InChI=1S/C14H17N3O2/c1-16(2)14(19)9-15-11-8-13(18)17(3)12-7-5-4-6-10(11)12/h4-8,15H,9H2,1-3H3. The summed E-state index contributed by atoms with van der Waals surface area (Å²) in [4.78, 5) is 25.0. The van der Waals surface area contributed by atoms with Crippen LogP contribution in [-0.2, 0) is 11.8 Å². The van der Waals surface area contributed by atoms with Crippen molar-refractivity contribution in [3.63, 3.8) is 0 Å². The first-order chi connectivity index (χ1) is 9.00. The molecule has 0 aliphatic carbocycles. The molecule has 0 spiro atoms. The number of fused-ring (bicyclic) bond motifs is 1. The van der Waals surface area contributed by atoms with Gasteiger partial charge in [-0.1, -0.05) is 18.2 Å². The van der Waals surface area contributed by atoms with Crippen molar-refractivity contribution >= 4 is 22.5 Å². The third-order valence-electron chi connectivity index (χ3n) is 3.08. The second-order valence-electron chi connectivity index (χ2n) is 4.61. The number of anilines is 1. The van der Waals surface area contributed by atoms with Gasteiger partial charge in [0, 0.05) is 38.3 Å². The van der Waals surface area contributed by atoms with Crippen molar-refractivity contribution in [1.29, 1.82) is 0 Å². The molecule has 0 radical (unpaired) electrons. The predicted molar refractivity (Wildman–Crippen MR) is 76.4 cm³/mol. The van der Waals surface area contributed by atoms with E-state index in [1.54, 1.807) is 25.7 Å². The maximum atomic E-state index is 11.9. The number of rotatable bonds is 3. The second kappa shape index (κ2) is 5.14. The monoisotopic (exact) mass is 259 g/mol. The number of nitrogens with zero attached hydrogens (tertiary/aromatic N) is 2. The van der Waals surface area contributed by atoms with Crippen LogP contribution in [0.15, 0.2) is 35.1 Å². The van der Waals surface area contributed by atoms with Crippen LogP contribution in [0.25, 0.3) is 10.9 Å². The fourth-order valence-electron chi connectivity index (χ4n) is 1.89. The number of aryl methyl sites for hydroxylation is 1. The summed E-state index contributed by atoms with van der Waals surface area (Å²) in [6.45, 7) is 0.171. The van der Waals surface area contributed by atoms with Crippen molar-refractivity contribution < 1.29 is 4.79 Å². The SMILES string of the molecule is CN(C)C(=O)CNc1cc(=O)n(C)c2ccccc12. The summed E-state index contributed by atoms with van der Waals surface area (Å²) in [5.41, 5.74) is 1.43. The summed E-state index contributed by atoms with van der Waals surface area (Å²) in [7, 11) is 5.14.